The van der Waals surface area contributed by atoms with Crippen LogP contribution in [0.3, 0.4) is 0 Å². The van der Waals surface area contributed by atoms with Gasteiger partial charge in [0.05, 0.1) is 6.10 Å². The van der Waals surface area contributed by atoms with Crippen LogP contribution in [0, 0.1) is 0 Å². The SMILES string of the molecule is CC(C)c1ccc(Oc2ccc([C@H](C)O)cc2)cc1. The first-order valence-corrected chi connectivity index (χ1v) is 6.62. The van der Waals surface area contributed by atoms with Gasteiger partial charge < -0.3 is 9.84 Å². The number of rotatable bonds is 4. The summed E-state index contributed by atoms with van der Waals surface area (Å²) in [6.45, 7) is 6.09. The average molecular weight is 256 g/mol. The van der Waals surface area contributed by atoms with E-state index >= 15 is 0 Å². The van der Waals surface area contributed by atoms with E-state index in [1.807, 2.05) is 36.4 Å². The summed E-state index contributed by atoms with van der Waals surface area (Å²) < 4.78 is 5.77. The molecule has 0 saturated carbocycles. The Morgan fingerprint density at radius 3 is 1.53 bits per heavy atom. The molecule has 0 aromatic heterocycles. The first kappa shape index (κ1) is 13.6. The van der Waals surface area contributed by atoms with Crippen molar-refractivity contribution in [2.24, 2.45) is 0 Å². The first-order valence-electron chi connectivity index (χ1n) is 6.62. The van der Waals surface area contributed by atoms with Gasteiger partial charge in [0.15, 0.2) is 0 Å². The summed E-state index contributed by atoms with van der Waals surface area (Å²) in [6.07, 6.45) is -0.445. The lowest BCUT2D eigenvalue weighted by Crippen LogP contribution is -1.91. The Hall–Kier alpha value is -1.80. The highest BCUT2D eigenvalue weighted by molar-refractivity contribution is 5.35. The van der Waals surface area contributed by atoms with E-state index in [-0.39, 0.29) is 0 Å². The van der Waals surface area contributed by atoms with Crippen LogP contribution in [0.2, 0.25) is 0 Å². The highest BCUT2D eigenvalue weighted by atomic mass is 16.5. The van der Waals surface area contributed by atoms with Crippen LogP contribution in [0.15, 0.2) is 48.5 Å². The summed E-state index contributed by atoms with van der Waals surface area (Å²) in [5, 5.41) is 9.45. The van der Waals surface area contributed by atoms with E-state index in [1.54, 1.807) is 6.92 Å². The van der Waals surface area contributed by atoms with Gasteiger partial charge in [-0.1, -0.05) is 38.1 Å². The minimum Gasteiger partial charge on any atom is -0.457 e. The fourth-order valence-corrected chi connectivity index (χ4v) is 1.87. The average Bonchev–Trinajstić information content (AvgIpc) is 2.40. The molecule has 2 nitrogen and oxygen atoms in total. The second-order valence-corrected chi connectivity index (χ2v) is 5.07. The third-order valence-corrected chi connectivity index (χ3v) is 3.14. The second-order valence-electron chi connectivity index (χ2n) is 5.07. The lowest BCUT2D eigenvalue weighted by atomic mass is 10.0. The Labute approximate surface area is 114 Å². The molecule has 1 atom stereocenters. The maximum absolute atomic E-state index is 9.45. The molecule has 0 bridgehead atoms. The van der Waals surface area contributed by atoms with E-state index in [0.717, 1.165) is 17.1 Å². The molecular weight excluding hydrogens is 236 g/mol. The van der Waals surface area contributed by atoms with Gasteiger partial charge in [0, 0.05) is 0 Å². The van der Waals surface area contributed by atoms with Crippen LogP contribution in [0.4, 0.5) is 0 Å². The van der Waals surface area contributed by atoms with Gasteiger partial charge in [0.1, 0.15) is 11.5 Å². The van der Waals surface area contributed by atoms with E-state index in [4.69, 9.17) is 4.74 Å². The first-order chi connectivity index (χ1) is 9.06. The molecule has 2 heteroatoms. The molecule has 0 aliphatic rings. The van der Waals surface area contributed by atoms with Crippen molar-refractivity contribution in [3.05, 3.63) is 59.7 Å². The minimum atomic E-state index is -0.445. The van der Waals surface area contributed by atoms with Gasteiger partial charge in [-0.3, -0.25) is 0 Å². The minimum absolute atomic E-state index is 0.445. The van der Waals surface area contributed by atoms with Crippen LogP contribution in [-0.4, -0.2) is 5.11 Å². The third kappa shape index (κ3) is 3.58. The number of aliphatic hydroxyl groups is 1. The predicted molar refractivity (Wildman–Crippen MR) is 77.7 cm³/mol. The molecule has 1 N–H and O–H groups in total. The van der Waals surface area contributed by atoms with E-state index in [2.05, 4.69) is 26.0 Å². The molecule has 0 unspecified atom stereocenters. The molecule has 2 rings (SSSR count). The number of benzene rings is 2. The molecule has 0 amide bonds. The lowest BCUT2D eigenvalue weighted by Gasteiger charge is -2.10. The standard InChI is InChI=1S/C17H20O2/c1-12(2)14-4-8-16(9-5-14)19-17-10-6-15(7-11-17)13(3)18/h4-13,18H,1-3H3/t13-/m0/s1. The van der Waals surface area contributed by atoms with Crippen LogP contribution in [-0.2, 0) is 0 Å². The van der Waals surface area contributed by atoms with Crippen molar-refractivity contribution in [1.82, 2.24) is 0 Å². The summed E-state index contributed by atoms with van der Waals surface area (Å²) in [6, 6.07) is 15.6. The Balaban J connectivity index is 2.08. The third-order valence-electron chi connectivity index (χ3n) is 3.14. The maximum Gasteiger partial charge on any atom is 0.127 e. The van der Waals surface area contributed by atoms with Gasteiger partial charge in [-0.05, 0) is 48.2 Å². The van der Waals surface area contributed by atoms with Crippen LogP contribution in [0.5, 0.6) is 11.5 Å². The number of ether oxygens (including phenoxy) is 1. The van der Waals surface area contributed by atoms with Gasteiger partial charge >= 0.3 is 0 Å². The smallest absolute Gasteiger partial charge is 0.127 e. The quantitative estimate of drug-likeness (QED) is 0.862. The maximum atomic E-state index is 9.45. The molecule has 0 radical (unpaired) electrons. The zero-order valence-corrected chi connectivity index (χ0v) is 11.6. The molecule has 0 fully saturated rings. The molecule has 0 saturated heterocycles. The predicted octanol–water partition coefficient (Wildman–Crippen LogP) is 4.66. The summed E-state index contributed by atoms with van der Waals surface area (Å²) in [7, 11) is 0. The van der Waals surface area contributed by atoms with Crippen molar-refractivity contribution >= 4 is 0 Å². The van der Waals surface area contributed by atoms with Gasteiger partial charge in [0.25, 0.3) is 0 Å². The van der Waals surface area contributed by atoms with Gasteiger partial charge in [-0.2, -0.15) is 0 Å². The van der Waals surface area contributed by atoms with Crippen molar-refractivity contribution in [2.75, 3.05) is 0 Å². The summed E-state index contributed by atoms with van der Waals surface area (Å²) >= 11 is 0. The van der Waals surface area contributed by atoms with Crippen molar-refractivity contribution in [3.8, 4) is 11.5 Å². The molecule has 2 aromatic carbocycles. The Morgan fingerprint density at radius 2 is 1.16 bits per heavy atom. The van der Waals surface area contributed by atoms with Crippen molar-refractivity contribution in [2.45, 2.75) is 32.8 Å². The fourth-order valence-electron chi connectivity index (χ4n) is 1.87. The van der Waals surface area contributed by atoms with Gasteiger partial charge in [0.2, 0.25) is 0 Å². The van der Waals surface area contributed by atoms with E-state index in [0.29, 0.717) is 5.92 Å². The molecule has 0 aliphatic heterocycles. The van der Waals surface area contributed by atoms with Crippen LogP contribution < -0.4 is 4.74 Å². The van der Waals surface area contributed by atoms with Crippen molar-refractivity contribution < 1.29 is 9.84 Å². The van der Waals surface area contributed by atoms with E-state index in [1.165, 1.54) is 5.56 Å². The monoisotopic (exact) mass is 256 g/mol. The number of aliphatic hydroxyl groups excluding tert-OH is 1. The zero-order chi connectivity index (χ0) is 13.8. The molecule has 2 aromatic rings. The van der Waals surface area contributed by atoms with E-state index < -0.39 is 6.10 Å². The highest BCUT2D eigenvalue weighted by Gasteiger charge is 2.03. The molecule has 19 heavy (non-hydrogen) atoms. The van der Waals surface area contributed by atoms with Crippen LogP contribution in [0.25, 0.3) is 0 Å². The fraction of sp³-hybridized carbons (Fsp3) is 0.294. The lowest BCUT2D eigenvalue weighted by molar-refractivity contribution is 0.199. The molecule has 0 spiro atoms. The number of hydrogen-bond acceptors (Lipinski definition) is 2. The van der Waals surface area contributed by atoms with E-state index in [9.17, 15) is 5.11 Å². The topological polar surface area (TPSA) is 29.5 Å². The van der Waals surface area contributed by atoms with Gasteiger partial charge in [-0.15, -0.1) is 0 Å². The van der Waals surface area contributed by atoms with Crippen LogP contribution in [0.1, 0.15) is 43.9 Å². The zero-order valence-electron chi connectivity index (χ0n) is 11.6. The van der Waals surface area contributed by atoms with Crippen molar-refractivity contribution in [3.63, 3.8) is 0 Å². The Morgan fingerprint density at radius 1 is 0.737 bits per heavy atom. The number of hydrogen-bond donors (Lipinski definition) is 1. The summed E-state index contributed by atoms with van der Waals surface area (Å²) in [4.78, 5) is 0. The summed E-state index contributed by atoms with van der Waals surface area (Å²) in [5.74, 6) is 2.13. The molecule has 0 heterocycles. The largest absolute Gasteiger partial charge is 0.457 e. The van der Waals surface area contributed by atoms with Crippen molar-refractivity contribution in [1.29, 1.82) is 0 Å². The Bertz CT molecular complexity index is 460. The molecule has 100 valence electrons. The second kappa shape index (κ2) is 5.89. The van der Waals surface area contributed by atoms with Crippen LogP contribution >= 0.6 is 0 Å². The van der Waals surface area contributed by atoms with Gasteiger partial charge in [-0.25, -0.2) is 0 Å². The Kier molecular flexibility index (Phi) is 4.23. The molecule has 0 aliphatic carbocycles. The summed E-state index contributed by atoms with van der Waals surface area (Å²) in [5.41, 5.74) is 2.19. The highest BCUT2D eigenvalue weighted by Crippen LogP contribution is 2.25. The normalized spacial score (nSPS) is 12.5. The molecular formula is C17H20O2.